The molecule has 1 aromatic heterocycles. The van der Waals surface area contributed by atoms with Crippen LogP contribution in [-0.2, 0) is 4.79 Å². The Morgan fingerprint density at radius 2 is 2.00 bits per heavy atom. The number of hydrogen-bond donors (Lipinski definition) is 2. The fraction of sp³-hybridized carbons (Fsp3) is 0.368. The van der Waals surface area contributed by atoms with Crippen LogP contribution in [0.1, 0.15) is 12.5 Å². The van der Waals surface area contributed by atoms with Crippen molar-refractivity contribution in [1.82, 2.24) is 14.9 Å². The summed E-state index contributed by atoms with van der Waals surface area (Å²) in [6.45, 7) is 8.12. The smallest absolute Gasteiger partial charge is 0.229 e. The monoisotopic (exact) mass is 367 g/mol. The van der Waals surface area contributed by atoms with Gasteiger partial charge in [-0.05, 0) is 44.7 Å². The van der Waals surface area contributed by atoms with E-state index in [0.717, 1.165) is 31.9 Å². The van der Waals surface area contributed by atoms with E-state index in [1.54, 1.807) is 19.3 Å². The van der Waals surface area contributed by atoms with Gasteiger partial charge in [0.25, 0.3) is 0 Å². The number of anilines is 4. The molecule has 1 saturated heterocycles. The molecule has 0 atom stereocenters. The van der Waals surface area contributed by atoms with Crippen LogP contribution in [0.15, 0.2) is 29.4 Å². The van der Waals surface area contributed by atoms with Crippen LogP contribution in [0, 0.1) is 6.92 Å². The summed E-state index contributed by atoms with van der Waals surface area (Å²) in [5.41, 5.74) is 3.86. The lowest BCUT2D eigenvalue weighted by atomic mass is 10.1. The summed E-state index contributed by atoms with van der Waals surface area (Å²) in [5, 5.41) is 5.75. The Bertz CT molecular complexity index is 829. The van der Waals surface area contributed by atoms with Crippen LogP contribution in [0.2, 0.25) is 0 Å². The van der Waals surface area contributed by atoms with E-state index in [9.17, 15) is 4.79 Å². The van der Waals surface area contributed by atoms with Crippen LogP contribution in [0.5, 0.6) is 0 Å². The standard InChI is InChI=1S/C19H25N7O/c1-4-20-16-12-21-19(24-18(16)22-13-27)23-15-5-6-17(14(2)11-15)26-9-7-25(3)8-10-26/h4-6,11-13H,7-10H2,1-3H3,(H2,21,22,23,24,27). The molecule has 0 spiro atoms. The molecule has 8 heteroatoms. The molecule has 3 rings (SSSR count). The molecule has 27 heavy (non-hydrogen) atoms. The van der Waals surface area contributed by atoms with Gasteiger partial charge in [0.1, 0.15) is 5.69 Å². The molecule has 2 heterocycles. The number of aliphatic imine (C=N–C) groups is 1. The summed E-state index contributed by atoms with van der Waals surface area (Å²) >= 11 is 0. The van der Waals surface area contributed by atoms with E-state index in [2.05, 4.69) is 61.5 Å². The summed E-state index contributed by atoms with van der Waals surface area (Å²) in [6, 6.07) is 6.24. The van der Waals surface area contributed by atoms with Crippen molar-refractivity contribution in [3.8, 4) is 0 Å². The first-order valence-corrected chi connectivity index (χ1v) is 8.97. The first-order chi connectivity index (χ1) is 13.1. The lowest BCUT2D eigenvalue weighted by Gasteiger charge is -2.35. The van der Waals surface area contributed by atoms with Gasteiger partial charge < -0.3 is 20.4 Å². The second kappa shape index (κ2) is 8.59. The second-order valence-electron chi connectivity index (χ2n) is 6.49. The Morgan fingerprint density at radius 1 is 1.22 bits per heavy atom. The van der Waals surface area contributed by atoms with Crippen LogP contribution in [0.3, 0.4) is 0 Å². The number of aromatic nitrogens is 2. The molecule has 142 valence electrons. The molecule has 8 nitrogen and oxygen atoms in total. The number of aryl methyl sites for hydroxylation is 1. The van der Waals surface area contributed by atoms with E-state index in [1.165, 1.54) is 11.3 Å². The minimum atomic E-state index is 0.367. The van der Waals surface area contributed by atoms with Crippen LogP contribution in [-0.4, -0.2) is 60.7 Å². The number of likely N-dealkylation sites (N-methyl/N-ethyl adjacent to an activating group) is 1. The SMILES string of the molecule is CC=Nc1cnc(Nc2ccc(N3CCN(C)CC3)c(C)c2)nc1NC=O. The van der Waals surface area contributed by atoms with Crippen LogP contribution in [0.25, 0.3) is 0 Å². The molecule has 0 unspecified atom stereocenters. The van der Waals surface area contributed by atoms with Crippen molar-refractivity contribution in [2.24, 2.45) is 4.99 Å². The second-order valence-corrected chi connectivity index (χ2v) is 6.49. The van der Waals surface area contributed by atoms with Gasteiger partial charge >= 0.3 is 0 Å². The van der Waals surface area contributed by atoms with E-state index in [1.807, 2.05) is 6.07 Å². The molecule has 1 amide bonds. The highest BCUT2D eigenvalue weighted by Gasteiger charge is 2.16. The third-order valence-corrected chi connectivity index (χ3v) is 4.53. The first kappa shape index (κ1) is 18.8. The van der Waals surface area contributed by atoms with Gasteiger partial charge in [-0.3, -0.25) is 9.79 Å². The number of nitrogens with one attached hydrogen (secondary N) is 2. The summed E-state index contributed by atoms with van der Waals surface area (Å²) < 4.78 is 0. The summed E-state index contributed by atoms with van der Waals surface area (Å²) in [4.78, 5) is 28.3. The minimum absolute atomic E-state index is 0.367. The highest BCUT2D eigenvalue weighted by molar-refractivity contribution is 5.79. The van der Waals surface area contributed by atoms with E-state index >= 15 is 0 Å². The van der Waals surface area contributed by atoms with Gasteiger partial charge in [-0.2, -0.15) is 4.98 Å². The number of piperazine rings is 1. The van der Waals surface area contributed by atoms with Gasteiger partial charge in [0.15, 0.2) is 5.82 Å². The molecule has 0 saturated carbocycles. The summed E-state index contributed by atoms with van der Waals surface area (Å²) in [6.07, 6.45) is 3.78. The quantitative estimate of drug-likeness (QED) is 0.603. The molecule has 0 aliphatic carbocycles. The molecule has 1 aromatic carbocycles. The Hall–Kier alpha value is -3.00. The number of amides is 1. The maximum atomic E-state index is 10.8. The zero-order chi connectivity index (χ0) is 19.2. The molecular formula is C19H25N7O. The molecule has 0 bridgehead atoms. The van der Waals surface area contributed by atoms with Crippen molar-refractivity contribution >= 4 is 41.5 Å². The number of hydrogen-bond acceptors (Lipinski definition) is 7. The van der Waals surface area contributed by atoms with Gasteiger partial charge in [-0.25, -0.2) is 4.98 Å². The topological polar surface area (TPSA) is 85.8 Å². The number of carbonyl (C=O) groups excluding carboxylic acids is 1. The Kier molecular flexibility index (Phi) is 5.97. The number of nitrogens with zero attached hydrogens (tertiary/aromatic N) is 5. The zero-order valence-corrected chi connectivity index (χ0v) is 15.9. The highest BCUT2D eigenvalue weighted by Crippen LogP contribution is 2.27. The number of benzene rings is 1. The molecule has 2 N–H and O–H groups in total. The van der Waals surface area contributed by atoms with Crippen molar-refractivity contribution in [3.63, 3.8) is 0 Å². The number of carbonyl (C=O) groups is 1. The van der Waals surface area contributed by atoms with Crippen molar-refractivity contribution < 1.29 is 4.79 Å². The molecular weight excluding hydrogens is 342 g/mol. The van der Waals surface area contributed by atoms with Crippen molar-refractivity contribution in [2.45, 2.75) is 13.8 Å². The molecule has 0 radical (unpaired) electrons. The van der Waals surface area contributed by atoms with Gasteiger partial charge in [0.2, 0.25) is 12.4 Å². The lowest BCUT2D eigenvalue weighted by molar-refractivity contribution is -0.105. The van der Waals surface area contributed by atoms with Crippen LogP contribution >= 0.6 is 0 Å². The Morgan fingerprint density at radius 3 is 2.67 bits per heavy atom. The van der Waals surface area contributed by atoms with Gasteiger partial charge in [-0.1, -0.05) is 0 Å². The lowest BCUT2D eigenvalue weighted by Crippen LogP contribution is -2.44. The molecule has 1 fully saturated rings. The van der Waals surface area contributed by atoms with Gasteiger partial charge in [0.05, 0.1) is 6.20 Å². The third kappa shape index (κ3) is 4.59. The van der Waals surface area contributed by atoms with Crippen LogP contribution < -0.4 is 15.5 Å². The van der Waals surface area contributed by atoms with Crippen molar-refractivity contribution in [2.75, 3.05) is 48.8 Å². The van der Waals surface area contributed by atoms with Crippen LogP contribution in [0.4, 0.5) is 28.8 Å². The molecule has 2 aromatic rings. The van der Waals surface area contributed by atoms with E-state index < -0.39 is 0 Å². The Balaban J connectivity index is 1.77. The van der Waals surface area contributed by atoms with E-state index in [-0.39, 0.29) is 0 Å². The Labute approximate surface area is 159 Å². The zero-order valence-electron chi connectivity index (χ0n) is 15.9. The van der Waals surface area contributed by atoms with E-state index in [4.69, 9.17) is 0 Å². The van der Waals surface area contributed by atoms with E-state index in [0.29, 0.717) is 23.9 Å². The first-order valence-electron chi connectivity index (χ1n) is 8.97. The fourth-order valence-corrected chi connectivity index (χ4v) is 3.10. The summed E-state index contributed by atoms with van der Waals surface area (Å²) in [7, 11) is 2.15. The summed E-state index contributed by atoms with van der Waals surface area (Å²) in [5.74, 6) is 0.771. The average molecular weight is 367 g/mol. The fourth-order valence-electron chi connectivity index (χ4n) is 3.10. The average Bonchev–Trinajstić information content (AvgIpc) is 2.65. The maximum Gasteiger partial charge on any atom is 0.229 e. The normalized spacial score (nSPS) is 15.1. The highest BCUT2D eigenvalue weighted by atomic mass is 16.1. The minimum Gasteiger partial charge on any atom is -0.369 e. The maximum absolute atomic E-state index is 10.8. The predicted molar refractivity (Wildman–Crippen MR) is 110 cm³/mol. The van der Waals surface area contributed by atoms with Crippen molar-refractivity contribution in [3.05, 3.63) is 30.0 Å². The van der Waals surface area contributed by atoms with Gasteiger partial charge in [-0.15, -0.1) is 0 Å². The molecule has 1 aliphatic heterocycles. The largest absolute Gasteiger partial charge is 0.369 e. The molecule has 1 aliphatic rings. The van der Waals surface area contributed by atoms with Gasteiger partial charge in [0, 0.05) is 43.8 Å². The third-order valence-electron chi connectivity index (χ3n) is 4.53. The predicted octanol–water partition coefficient (Wildman–Crippen LogP) is 2.57. The van der Waals surface area contributed by atoms with Crippen molar-refractivity contribution in [1.29, 1.82) is 0 Å². The number of rotatable bonds is 6.